The second-order valence-corrected chi connectivity index (χ2v) is 8.74. The molecule has 0 saturated carbocycles. The highest BCUT2D eigenvalue weighted by atomic mass is 16.7. The first-order valence-corrected chi connectivity index (χ1v) is 12.1. The lowest BCUT2D eigenvalue weighted by molar-refractivity contribution is -0.384. The Labute approximate surface area is 225 Å². The third-order valence-electron chi connectivity index (χ3n) is 5.74. The number of allylic oxidation sites excluding steroid dienone is 2. The van der Waals surface area contributed by atoms with Crippen LogP contribution >= 0.6 is 0 Å². The molecule has 2 aromatic rings. The SMILES string of the molecule is CC1=C(OC(=O)OCCO)C(c2cccc([N+](=O)[O-])c2)C(OC(=O)OCCN(C)Cc2ccccc2)=C(C)N1. The lowest BCUT2D eigenvalue weighted by Gasteiger charge is -2.30. The van der Waals surface area contributed by atoms with Gasteiger partial charge in [-0.2, -0.15) is 0 Å². The first kappa shape index (κ1) is 29.1. The molecule has 0 aliphatic carbocycles. The first-order chi connectivity index (χ1) is 18.7. The molecule has 1 unspecified atom stereocenters. The Balaban J connectivity index is 1.77. The minimum Gasteiger partial charge on any atom is -0.433 e. The van der Waals surface area contributed by atoms with Crippen LogP contribution in [0.25, 0.3) is 0 Å². The molecule has 12 nitrogen and oxygen atoms in total. The summed E-state index contributed by atoms with van der Waals surface area (Å²) < 4.78 is 21.1. The standard InChI is InChI=1S/C27H31N3O9/c1-18-24(38-26(32)36-14-12-29(3)17-20-8-5-4-6-9-20)23(21-10-7-11-22(16-21)30(34)35)25(19(2)28-18)39-27(33)37-15-13-31/h4-11,16,23,28,31H,12-15,17H2,1-3H3. The van der Waals surface area contributed by atoms with Crippen molar-refractivity contribution in [3.63, 3.8) is 0 Å². The number of carbonyl (C=O) groups is 2. The maximum atomic E-state index is 12.7. The van der Waals surface area contributed by atoms with Crippen LogP contribution in [-0.2, 0) is 25.5 Å². The van der Waals surface area contributed by atoms with Gasteiger partial charge in [0.25, 0.3) is 5.69 Å². The molecule has 12 heteroatoms. The number of nitro groups is 1. The third kappa shape index (κ3) is 8.28. The lowest BCUT2D eigenvalue weighted by atomic mass is 9.90. The monoisotopic (exact) mass is 541 g/mol. The summed E-state index contributed by atoms with van der Waals surface area (Å²) in [5, 5.41) is 23.3. The zero-order valence-electron chi connectivity index (χ0n) is 21.9. The van der Waals surface area contributed by atoms with Crippen LogP contribution in [0.15, 0.2) is 77.5 Å². The van der Waals surface area contributed by atoms with Crippen LogP contribution in [0.1, 0.15) is 30.9 Å². The summed E-state index contributed by atoms with van der Waals surface area (Å²) in [5.74, 6) is -0.968. The van der Waals surface area contributed by atoms with E-state index in [1.807, 2.05) is 42.3 Å². The van der Waals surface area contributed by atoms with Crippen LogP contribution in [0.4, 0.5) is 15.3 Å². The second-order valence-electron chi connectivity index (χ2n) is 8.74. The fourth-order valence-corrected chi connectivity index (χ4v) is 3.97. The van der Waals surface area contributed by atoms with Crippen molar-refractivity contribution in [3.05, 3.63) is 98.8 Å². The van der Waals surface area contributed by atoms with Crippen LogP contribution in [-0.4, -0.2) is 60.7 Å². The van der Waals surface area contributed by atoms with Crippen molar-refractivity contribution in [2.45, 2.75) is 26.3 Å². The fourth-order valence-electron chi connectivity index (χ4n) is 3.97. The molecule has 0 spiro atoms. The molecular formula is C27H31N3O9. The molecule has 0 fully saturated rings. The molecule has 3 rings (SSSR count). The number of aliphatic hydroxyl groups is 1. The Bertz CT molecular complexity index is 1240. The van der Waals surface area contributed by atoms with Gasteiger partial charge in [-0.05, 0) is 32.0 Å². The van der Waals surface area contributed by atoms with Crippen molar-refractivity contribution in [2.24, 2.45) is 0 Å². The van der Waals surface area contributed by atoms with Gasteiger partial charge in [-0.1, -0.05) is 42.5 Å². The van der Waals surface area contributed by atoms with E-state index in [1.54, 1.807) is 19.9 Å². The molecule has 0 saturated heterocycles. The number of carbonyl (C=O) groups excluding carboxylic acids is 2. The van der Waals surface area contributed by atoms with Crippen molar-refractivity contribution in [1.82, 2.24) is 10.2 Å². The summed E-state index contributed by atoms with van der Waals surface area (Å²) in [7, 11) is 1.89. The lowest BCUT2D eigenvalue weighted by Crippen LogP contribution is -2.30. The van der Waals surface area contributed by atoms with Crippen molar-refractivity contribution >= 4 is 18.0 Å². The molecular weight excluding hydrogens is 510 g/mol. The Morgan fingerprint density at radius 2 is 1.59 bits per heavy atom. The highest BCUT2D eigenvalue weighted by Crippen LogP contribution is 2.40. The molecule has 0 radical (unpaired) electrons. The van der Waals surface area contributed by atoms with Gasteiger partial charge in [0, 0.05) is 25.2 Å². The molecule has 1 aliphatic rings. The number of benzene rings is 2. The zero-order chi connectivity index (χ0) is 28.4. The predicted molar refractivity (Wildman–Crippen MR) is 139 cm³/mol. The smallest absolute Gasteiger partial charge is 0.433 e. The predicted octanol–water partition coefficient (Wildman–Crippen LogP) is 4.18. The maximum absolute atomic E-state index is 12.7. The van der Waals surface area contributed by atoms with E-state index < -0.39 is 29.8 Å². The zero-order valence-corrected chi connectivity index (χ0v) is 21.9. The van der Waals surface area contributed by atoms with Gasteiger partial charge < -0.3 is 29.4 Å². The molecule has 1 atom stereocenters. The molecule has 2 aromatic carbocycles. The quantitative estimate of drug-likeness (QED) is 0.240. The Morgan fingerprint density at radius 1 is 0.974 bits per heavy atom. The summed E-state index contributed by atoms with van der Waals surface area (Å²) >= 11 is 0. The molecule has 1 aliphatic heterocycles. The number of hydrogen-bond acceptors (Lipinski definition) is 11. The van der Waals surface area contributed by atoms with E-state index in [2.05, 4.69) is 5.32 Å². The number of nitrogens with one attached hydrogen (secondary N) is 1. The van der Waals surface area contributed by atoms with Crippen LogP contribution in [0, 0.1) is 10.1 Å². The summed E-state index contributed by atoms with van der Waals surface area (Å²) in [6.45, 7) is 3.74. The number of rotatable bonds is 11. The topological polar surface area (TPSA) is 150 Å². The van der Waals surface area contributed by atoms with Gasteiger partial charge in [-0.3, -0.25) is 15.0 Å². The van der Waals surface area contributed by atoms with Crippen molar-refractivity contribution in [1.29, 1.82) is 0 Å². The molecule has 0 bridgehead atoms. The highest BCUT2D eigenvalue weighted by molar-refractivity contribution is 5.65. The van der Waals surface area contributed by atoms with Gasteiger partial charge in [0.1, 0.15) is 30.6 Å². The van der Waals surface area contributed by atoms with Crippen molar-refractivity contribution in [2.75, 3.05) is 33.4 Å². The molecule has 0 amide bonds. The number of likely N-dealkylation sites (N-methyl/N-ethyl adjacent to an activating group) is 1. The van der Waals surface area contributed by atoms with Gasteiger partial charge in [-0.15, -0.1) is 0 Å². The van der Waals surface area contributed by atoms with Gasteiger partial charge in [0.05, 0.1) is 22.9 Å². The molecule has 1 heterocycles. The molecule has 0 aromatic heterocycles. The van der Waals surface area contributed by atoms with Gasteiger partial charge in [-0.25, -0.2) is 9.59 Å². The van der Waals surface area contributed by atoms with E-state index in [1.165, 1.54) is 18.2 Å². The second kappa shape index (κ2) is 13.9. The van der Waals surface area contributed by atoms with Gasteiger partial charge >= 0.3 is 12.3 Å². The normalized spacial score (nSPS) is 15.1. The minimum atomic E-state index is -1.10. The molecule has 208 valence electrons. The maximum Gasteiger partial charge on any atom is 0.513 e. The van der Waals surface area contributed by atoms with E-state index in [4.69, 9.17) is 24.1 Å². The largest absolute Gasteiger partial charge is 0.513 e. The summed E-state index contributed by atoms with van der Waals surface area (Å²) in [6.07, 6.45) is -2.09. The number of dihydropyridines is 1. The fraction of sp³-hybridized carbons (Fsp3) is 0.333. The van der Waals surface area contributed by atoms with Crippen LogP contribution in [0.3, 0.4) is 0 Å². The summed E-state index contributed by atoms with van der Waals surface area (Å²) in [4.78, 5) is 37.8. The number of nitrogens with zero attached hydrogens (tertiary/aromatic N) is 2. The summed E-state index contributed by atoms with van der Waals surface area (Å²) in [5.41, 5.74) is 2.06. The van der Waals surface area contributed by atoms with Gasteiger partial charge in [0.15, 0.2) is 0 Å². The highest BCUT2D eigenvalue weighted by Gasteiger charge is 2.36. The van der Waals surface area contributed by atoms with E-state index in [-0.39, 0.29) is 30.4 Å². The van der Waals surface area contributed by atoms with Gasteiger partial charge in [0.2, 0.25) is 0 Å². The van der Waals surface area contributed by atoms with Crippen LogP contribution in [0.5, 0.6) is 0 Å². The van der Waals surface area contributed by atoms with E-state index >= 15 is 0 Å². The third-order valence-corrected chi connectivity index (χ3v) is 5.74. The van der Waals surface area contributed by atoms with E-state index in [9.17, 15) is 19.7 Å². The first-order valence-electron chi connectivity index (χ1n) is 12.1. The molecule has 39 heavy (non-hydrogen) atoms. The Hall–Kier alpha value is -4.42. The summed E-state index contributed by atoms with van der Waals surface area (Å²) in [6, 6.07) is 15.5. The Morgan fingerprint density at radius 3 is 2.18 bits per heavy atom. The number of hydrogen-bond donors (Lipinski definition) is 2. The number of aliphatic hydroxyl groups excluding tert-OH is 1. The van der Waals surface area contributed by atoms with E-state index in [0.717, 1.165) is 5.56 Å². The number of nitro benzene ring substituents is 1. The van der Waals surface area contributed by atoms with Crippen molar-refractivity contribution in [3.8, 4) is 0 Å². The average molecular weight is 542 g/mol. The van der Waals surface area contributed by atoms with Crippen LogP contribution in [0.2, 0.25) is 0 Å². The number of ether oxygens (including phenoxy) is 4. The average Bonchev–Trinajstić information content (AvgIpc) is 2.90. The minimum absolute atomic E-state index is 0.00873. The van der Waals surface area contributed by atoms with Crippen molar-refractivity contribution < 1.29 is 38.6 Å². The van der Waals surface area contributed by atoms with E-state index in [0.29, 0.717) is 30.0 Å². The number of non-ortho nitro benzene ring substituents is 1. The Kier molecular flexibility index (Phi) is 10.4. The molecule has 2 N–H and O–H groups in total. The van der Waals surface area contributed by atoms with Crippen LogP contribution < -0.4 is 5.32 Å².